The van der Waals surface area contributed by atoms with Gasteiger partial charge in [-0.1, -0.05) is 14.4 Å². The first-order valence-electron chi connectivity index (χ1n) is 3.47. The molecule has 1 N–H and O–H groups in total. The van der Waals surface area contributed by atoms with E-state index in [1.807, 2.05) is 6.92 Å². The molecule has 0 saturated heterocycles. The summed E-state index contributed by atoms with van der Waals surface area (Å²) in [6, 6.07) is 0. The standard InChI is InChI=1S/C7H15NO2.CH4/c1-4-7(10)5-8(3)6(2)9;/h7,10H,4-5H2,1-3H3;1H4. The van der Waals surface area contributed by atoms with Gasteiger partial charge in [-0.3, -0.25) is 4.79 Å². The molecule has 1 amide bonds. The zero-order valence-corrected chi connectivity index (χ0v) is 6.79. The molecule has 0 aliphatic carbocycles. The molecule has 0 aliphatic heterocycles. The van der Waals surface area contributed by atoms with Crippen LogP contribution in [0.2, 0.25) is 0 Å². The van der Waals surface area contributed by atoms with Crippen LogP contribution in [0.3, 0.4) is 0 Å². The highest BCUT2D eigenvalue weighted by Gasteiger charge is 2.06. The van der Waals surface area contributed by atoms with E-state index in [-0.39, 0.29) is 19.4 Å². The number of likely N-dealkylation sites (N-methyl/N-ethyl adjacent to an activating group) is 1. The van der Waals surface area contributed by atoms with Crippen molar-refractivity contribution >= 4 is 5.91 Å². The Bertz CT molecular complexity index is 115. The van der Waals surface area contributed by atoms with Crippen molar-refractivity contribution < 1.29 is 9.90 Å². The predicted octanol–water partition coefficient (Wildman–Crippen LogP) is 0.872. The molecule has 11 heavy (non-hydrogen) atoms. The fraction of sp³-hybridized carbons (Fsp3) is 0.875. The molecule has 1 atom stereocenters. The van der Waals surface area contributed by atoms with Crippen molar-refractivity contribution in [3.63, 3.8) is 0 Å². The maximum Gasteiger partial charge on any atom is 0.219 e. The molecule has 0 bridgehead atoms. The van der Waals surface area contributed by atoms with Crippen LogP contribution >= 0.6 is 0 Å². The first-order chi connectivity index (χ1) is 4.57. The molecule has 0 fully saturated rings. The van der Waals surface area contributed by atoms with E-state index in [0.717, 1.165) is 0 Å². The smallest absolute Gasteiger partial charge is 0.219 e. The van der Waals surface area contributed by atoms with Crippen molar-refractivity contribution in [3.05, 3.63) is 0 Å². The Morgan fingerprint density at radius 3 is 2.36 bits per heavy atom. The summed E-state index contributed by atoms with van der Waals surface area (Å²) in [5.74, 6) is -0.00694. The molecule has 0 aliphatic rings. The molecule has 0 heterocycles. The highest BCUT2D eigenvalue weighted by Crippen LogP contribution is 1.93. The third-order valence-electron chi connectivity index (χ3n) is 1.49. The Balaban J connectivity index is 0. The van der Waals surface area contributed by atoms with Crippen molar-refractivity contribution in [1.29, 1.82) is 0 Å². The Kier molecular flexibility index (Phi) is 7.31. The molecular formula is C8H19NO2. The minimum atomic E-state index is -0.381. The average Bonchev–Trinajstić information content (AvgIpc) is 1.87. The summed E-state index contributed by atoms with van der Waals surface area (Å²) in [5.41, 5.74) is 0. The lowest BCUT2D eigenvalue weighted by molar-refractivity contribution is -0.128. The second-order valence-electron chi connectivity index (χ2n) is 2.46. The monoisotopic (exact) mass is 161 g/mol. The number of nitrogens with zero attached hydrogens (tertiary/aromatic N) is 1. The molecular weight excluding hydrogens is 142 g/mol. The van der Waals surface area contributed by atoms with Crippen molar-refractivity contribution in [3.8, 4) is 0 Å². The minimum Gasteiger partial charge on any atom is -0.391 e. The summed E-state index contributed by atoms with van der Waals surface area (Å²) in [6.07, 6.45) is 0.311. The lowest BCUT2D eigenvalue weighted by Crippen LogP contribution is -2.32. The molecule has 0 aromatic heterocycles. The van der Waals surface area contributed by atoms with Gasteiger partial charge in [0.25, 0.3) is 0 Å². The van der Waals surface area contributed by atoms with Gasteiger partial charge in [0.2, 0.25) is 5.91 Å². The number of rotatable bonds is 3. The van der Waals surface area contributed by atoms with Crippen LogP contribution in [0.4, 0.5) is 0 Å². The van der Waals surface area contributed by atoms with Crippen LogP contribution in [-0.2, 0) is 4.79 Å². The molecule has 0 radical (unpaired) electrons. The van der Waals surface area contributed by atoms with Crippen LogP contribution in [0.5, 0.6) is 0 Å². The number of amides is 1. The van der Waals surface area contributed by atoms with Crippen LogP contribution in [0, 0.1) is 0 Å². The molecule has 1 unspecified atom stereocenters. The summed E-state index contributed by atoms with van der Waals surface area (Å²) >= 11 is 0. The van der Waals surface area contributed by atoms with Gasteiger partial charge >= 0.3 is 0 Å². The topological polar surface area (TPSA) is 40.5 Å². The number of carbonyl (C=O) groups is 1. The fourth-order valence-corrected chi connectivity index (χ4v) is 0.574. The number of hydrogen-bond acceptors (Lipinski definition) is 2. The van der Waals surface area contributed by atoms with Gasteiger partial charge in [-0.15, -0.1) is 0 Å². The van der Waals surface area contributed by atoms with Gasteiger partial charge in [-0.05, 0) is 6.42 Å². The molecule has 68 valence electrons. The Morgan fingerprint density at radius 2 is 2.09 bits per heavy atom. The second kappa shape index (κ2) is 6.16. The third kappa shape index (κ3) is 5.85. The SMILES string of the molecule is C.CCC(O)CN(C)C(C)=O. The average molecular weight is 161 g/mol. The number of aliphatic hydroxyl groups excluding tert-OH is 1. The lowest BCUT2D eigenvalue weighted by Gasteiger charge is -2.17. The molecule has 3 heteroatoms. The highest BCUT2D eigenvalue weighted by molar-refractivity contribution is 5.72. The number of carbonyl (C=O) groups excluding carboxylic acids is 1. The van der Waals surface area contributed by atoms with Gasteiger partial charge in [-0.25, -0.2) is 0 Å². The Labute approximate surface area is 69.0 Å². The number of aliphatic hydroxyl groups is 1. The summed E-state index contributed by atoms with van der Waals surface area (Å²) in [5, 5.41) is 9.08. The van der Waals surface area contributed by atoms with Gasteiger partial charge in [0, 0.05) is 20.5 Å². The van der Waals surface area contributed by atoms with Crippen LogP contribution in [0.15, 0.2) is 0 Å². The van der Waals surface area contributed by atoms with E-state index in [9.17, 15) is 4.79 Å². The van der Waals surface area contributed by atoms with E-state index in [0.29, 0.717) is 13.0 Å². The number of hydrogen-bond donors (Lipinski definition) is 1. The van der Waals surface area contributed by atoms with E-state index in [1.54, 1.807) is 7.05 Å². The first kappa shape index (κ1) is 13.1. The maximum absolute atomic E-state index is 10.6. The summed E-state index contributed by atoms with van der Waals surface area (Å²) < 4.78 is 0. The zero-order valence-electron chi connectivity index (χ0n) is 6.79. The molecule has 0 rings (SSSR count). The minimum absolute atomic E-state index is 0. The highest BCUT2D eigenvalue weighted by atomic mass is 16.3. The van der Waals surface area contributed by atoms with Crippen molar-refractivity contribution in [2.75, 3.05) is 13.6 Å². The van der Waals surface area contributed by atoms with Crippen molar-refractivity contribution in [2.45, 2.75) is 33.8 Å². The molecule has 0 saturated carbocycles. The fourth-order valence-electron chi connectivity index (χ4n) is 0.574. The van der Waals surface area contributed by atoms with E-state index in [2.05, 4.69) is 0 Å². The molecule has 0 aromatic rings. The summed E-state index contributed by atoms with van der Waals surface area (Å²) in [4.78, 5) is 12.1. The van der Waals surface area contributed by atoms with Gasteiger partial charge in [0.05, 0.1) is 6.10 Å². The van der Waals surface area contributed by atoms with Crippen molar-refractivity contribution in [2.24, 2.45) is 0 Å². The van der Waals surface area contributed by atoms with Crippen LogP contribution in [-0.4, -0.2) is 35.6 Å². The largest absolute Gasteiger partial charge is 0.391 e. The van der Waals surface area contributed by atoms with E-state index in [4.69, 9.17) is 5.11 Å². The Hall–Kier alpha value is -0.570. The third-order valence-corrected chi connectivity index (χ3v) is 1.49. The summed E-state index contributed by atoms with van der Waals surface area (Å²) in [6.45, 7) is 3.81. The molecule has 3 nitrogen and oxygen atoms in total. The van der Waals surface area contributed by atoms with Crippen LogP contribution in [0.1, 0.15) is 27.7 Å². The van der Waals surface area contributed by atoms with E-state index >= 15 is 0 Å². The quantitative estimate of drug-likeness (QED) is 0.667. The zero-order chi connectivity index (χ0) is 8.15. The van der Waals surface area contributed by atoms with E-state index < -0.39 is 0 Å². The van der Waals surface area contributed by atoms with Crippen LogP contribution in [0.25, 0.3) is 0 Å². The van der Waals surface area contributed by atoms with Crippen molar-refractivity contribution in [1.82, 2.24) is 4.90 Å². The van der Waals surface area contributed by atoms with Crippen LogP contribution < -0.4 is 0 Å². The molecule has 0 aromatic carbocycles. The lowest BCUT2D eigenvalue weighted by atomic mass is 10.2. The van der Waals surface area contributed by atoms with Gasteiger partial charge in [0.1, 0.15) is 0 Å². The summed E-state index contributed by atoms with van der Waals surface area (Å²) in [7, 11) is 1.68. The maximum atomic E-state index is 10.6. The Morgan fingerprint density at radius 1 is 1.64 bits per heavy atom. The normalized spacial score (nSPS) is 11.6. The molecule has 0 spiro atoms. The van der Waals surface area contributed by atoms with Gasteiger partial charge < -0.3 is 10.0 Å². The van der Waals surface area contributed by atoms with Gasteiger partial charge in [-0.2, -0.15) is 0 Å². The second-order valence-corrected chi connectivity index (χ2v) is 2.46. The van der Waals surface area contributed by atoms with Gasteiger partial charge in [0.15, 0.2) is 0 Å². The van der Waals surface area contributed by atoms with E-state index in [1.165, 1.54) is 11.8 Å². The first-order valence-corrected chi connectivity index (χ1v) is 3.47. The predicted molar refractivity (Wildman–Crippen MR) is 46.3 cm³/mol.